The van der Waals surface area contributed by atoms with Crippen LogP contribution in [0.2, 0.25) is 0 Å². The molecule has 0 spiro atoms. The molecule has 1 aliphatic heterocycles. The Hall–Kier alpha value is -0.570. The number of amides is 1. The molecule has 3 heteroatoms. The second-order valence-electron chi connectivity index (χ2n) is 5.26. The molecule has 0 aromatic rings. The maximum absolute atomic E-state index is 11.7. The zero-order valence-corrected chi connectivity index (χ0v) is 10.9. The lowest BCUT2D eigenvalue weighted by atomic mass is 9.86. The van der Waals surface area contributed by atoms with Gasteiger partial charge in [0, 0.05) is 6.54 Å². The monoisotopic (exact) mass is 226 g/mol. The van der Waals surface area contributed by atoms with Crippen molar-refractivity contribution in [2.75, 3.05) is 13.1 Å². The fourth-order valence-corrected chi connectivity index (χ4v) is 2.32. The number of nitrogens with one attached hydrogen (secondary N) is 2. The van der Waals surface area contributed by atoms with Crippen LogP contribution in [0.25, 0.3) is 0 Å². The van der Waals surface area contributed by atoms with Gasteiger partial charge in [-0.3, -0.25) is 4.79 Å². The van der Waals surface area contributed by atoms with Crippen LogP contribution in [-0.4, -0.2) is 25.0 Å². The third-order valence-electron chi connectivity index (χ3n) is 3.33. The number of carbonyl (C=O) groups excluding carboxylic acids is 1. The molecule has 0 aromatic heterocycles. The molecular formula is C13H26N2O. The fourth-order valence-electron chi connectivity index (χ4n) is 2.32. The van der Waals surface area contributed by atoms with E-state index in [2.05, 4.69) is 24.5 Å². The maximum Gasteiger partial charge on any atom is 0.237 e. The van der Waals surface area contributed by atoms with Crippen LogP contribution in [-0.2, 0) is 4.79 Å². The molecule has 2 N–H and O–H groups in total. The van der Waals surface area contributed by atoms with Gasteiger partial charge in [-0.1, -0.05) is 26.7 Å². The van der Waals surface area contributed by atoms with Crippen LogP contribution in [0.15, 0.2) is 0 Å². The molecule has 2 unspecified atom stereocenters. The summed E-state index contributed by atoms with van der Waals surface area (Å²) in [5.41, 5.74) is 0. The third-order valence-corrected chi connectivity index (χ3v) is 3.33. The molecule has 0 aliphatic carbocycles. The maximum atomic E-state index is 11.7. The van der Waals surface area contributed by atoms with Crippen molar-refractivity contribution in [2.45, 2.75) is 52.5 Å². The van der Waals surface area contributed by atoms with E-state index in [4.69, 9.17) is 0 Å². The number of hydrogen-bond donors (Lipinski definition) is 2. The summed E-state index contributed by atoms with van der Waals surface area (Å²) in [6.07, 6.45) is 4.79. The highest BCUT2D eigenvalue weighted by Gasteiger charge is 2.26. The van der Waals surface area contributed by atoms with E-state index in [1.165, 1.54) is 19.3 Å². The van der Waals surface area contributed by atoms with Crippen molar-refractivity contribution < 1.29 is 4.79 Å². The van der Waals surface area contributed by atoms with Crippen LogP contribution in [0.4, 0.5) is 0 Å². The van der Waals surface area contributed by atoms with Crippen LogP contribution in [0.5, 0.6) is 0 Å². The third kappa shape index (κ3) is 4.52. The van der Waals surface area contributed by atoms with Crippen molar-refractivity contribution in [2.24, 2.45) is 11.8 Å². The summed E-state index contributed by atoms with van der Waals surface area (Å²) in [5, 5.41) is 6.21. The Balaban J connectivity index is 2.32. The van der Waals surface area contributed by atoms with Gasteiger partial charge in [-0.15, -0.1) is 0 Å². The number of rotatable bonds is 5. The molecular weight excluding hydrogens is 200 g/mol. The number of carbonyl (C=O) groups is 1. The predicted molar refractivity (Wildman–Crippen MR) is 67.3 cm³/mol. The van der Waals surface area contributed by atoms with Gasteiger partial charge in [0.05, 0.1) is 6.04 Å². The van der Waals surface area contributed by atoms with Crippen molar-refractivity contribution >= 4 is 5.91 Å². The average molecular weight is 226 g/mol. The fraction of sp³-hybridized carbons (Fsp3) is 0.923. The molecule has 1 saturated heterocycles. The SMILES string of the molecule is CCNC(=O)C1CC(CCC(C)C)CCN1. The van der Waals surface area contributed by atoms with Crippen molar-refractivity contribution in [1.29, 1.82) is 0 Å². The van der Waals surface area contributed by atoms with Crippen molar-refractivity contribution in [3.63, 3.8) is 0 Å². The normalized spacial score (nSPS) is 25.8. The molecule has 16 heavy (non-hydrogen) atoms. The van der Waals surface area contributed by atoms with Gasteiger partial charge in [-0.2, -0.15) is 0 Å². The molecule has 1 amide bonds. The van der Waals surface area contributed by atoms with Gasteiger partial charge in [0.1, 0.15) is 0 Å². The quantitative estimate of drug-likeness (QED) is 0.752. The Labute approximate surface area is 99.4 Å². The highest BCUT2D eigenvalue weighted by Crippen LogP contribution is 2.23. The summed E-state index contributed by atoms with van der Waals surface area (Å²) >= 11 is 0. The molecule has 1 rings (SSSR count). The first kappa shape index (κ1) is 13.5. The summed E-state index contributed by atoms with van der Waals surface area (Å²) < 4.78 is 0. The van der Waals surface area contributed by atoms with E-state index in [0.29, 0.717) is 0 Å². The second kappa shape index (κ2) is 6.89. The van der Waals surface area contributed by atoms with Crippen LogP contribution in [0.1, 0.15) is 46.5 Å². The minimum absolute atomic E-state index is 0.0471. The van der Waals surface area contributed by atoms with Gasteiger partial charge >= 0.3 is 0 Å². The second-order valence-corrected chi connectivity index (χ2v) is 5.26. The lowest BCUT2D eigenvalue weighted by Crippen LogP contribution is -2.48. The molecule has 1 fully saturated rings. The van der Waals surface area contributed by atoms with Crippen LogP contribution < -0.4 is 10.6 Å². The first-order chi connectivity index (χ1) is 7.63. The molecule has 0 bridgehead atoms. The van der Waals surface area contributed by atoms with Gasteiger partial charge in [-0.05, 0) is 38.1 Å². The van der Waals surface area contributed by atoms with E-state index >= 15 is 0 Å². The summed E-state index contributed by atoms with van der Waals surface area (Å²) in [4.78, 5) is 11.7. The van der Waals surface area contributed by atoms with Gasteiger partial charge in [0.2, 0.25) is 5.91 Å². The van der Waals surface area contributed by atoms with Crippen LogP contribution in [0.3, 0.4) is 0 Å². The Morgan fingerprint density at radius 3 is 2.88 bits per heavy atom. The van der Waals surface area contributed by atoms with E-state index in [0.717, 1.165) is 31.3 Å². The molecule has 94 valence electrons. The number of piperidine rings is 1. The van der Waals surface area contributed by atoms with E-state index < -0.39 is 0 Å². The highest BCUT2D eigenvalue weighted by molar-refractivity contribution is 5.81. The zero-order valence-electron chi connectivity index (χ0n) is 10.9. The molecule has 0 aromatic carbocycles. The van der Waals surface area contributed by atoms with Crippen LogP contribution in [0, 0.1) is 11.8 Å². The Morgan fingerprint density at radius 1 is 1.50 bits per heavy atom. The van der Waals surface area contributed by atoms with Crippen molar-refractivity contribution in [1.82, 2.24) is 10.6 Å². The van der Waals surface area contributed by atoms with Gasteiger partial charge in [0.15, 0.2) is 0 Å². The summed E-state index contributed by atoms with van der Waals surface area (Å²) in [6, 6.07) is 0.0471. The minimum Gasteiger partial charge on any atom is -0.355 e. The molecule has 3 nitrogen and oxygen atoms in total. The lowest BCUT2D eigenvalue weighted by molar-refractivity contribution is -0.124. The molecule has 1 aliphatic rings. The topological polar surface area (TPSA) is 41.1 Å². The summed E-state index contributed by atoms with van der Waals surface area (Å²) in [7, 11) is 0. The van der Waals surface area contributed by atoms with Crippen molar-refractivity contribution in [3.05, 3.63) is 0 Å². The molecule has 0 radical (unpaired) electrons. The molecule has 1 heterocycles. The smallest absolute Gasteiger partial charge is 0.237 e. The number of likely N-dealkylation sites (N-methyl/N-ethyl adjacent to an activating group) is 1. The Morgan fingerprint density at radius 2 is 2.25 bits per heavy atom. The van der Waals surface area contributed by atoms with E-state index in [1.807, 2.05) is 6.92 Å². The lowest BCUT2D eigenvalue weighted by Gasteiger charge is -2.29. The first-order valence-electron chi connectivity index (χ1n) is 6.64. The summed E-state index contributed by atoms with van der Waals surface area (Å²) in [6.45, 7) is 8.22. The zero-order chi connectivity index (χ0) is 12.0. The Bertz CT molecular complexity index is 216. The molecule has 2 atom stereocenters. The highest BCUT2D eigenvalue weighted by atomic mass is 16.2. The standard InChI is InChI=1S/C13H26N2O/c1-4-14-13(16)12-9-11(7-8-15-12)6-5-10(2)3/h10-12,15H,4-9H2,1-3H3,(H,14,16). The number of hydrogen-bond acceptors (Lipinski definition) is 2. The predicted octanol–water partition coefficient (Wildman–Crippen LogP) is 1.93. The van der Waals surface area contributed by atoms with E-state index in [-0.39, 0.29) is 11.9 Å². The van der Waals surface area contributed by atoms with Crippen molar-refractivity contribution in [3.8, 4) is 0 Å². The summed E-state index contributed by atoms with van der Waals surface area (Å²) in [5.74, 6) is 1.69. The molecule has 0 saturated carbocycles. The van der Waals surface area contributed by atoms with Crippen LogP contribution >= 0.6 is 0 Å². The average Bonchev–Trinajstić information content (AvgIpc) is 2.27. The van der Waals surface area contributed by atoms with E-state index in [9.17, 15) is 4.79 Å². The largest absolute Gasteiger partial charge is 0.355 e. The van der Waals surface area contributed by atoms with Gasteiger partial charge in [-0.25, -0.2) is 0 Å². The Kier molecular flexibility index (Phi) is 5.81. The van der Waals surface area contributed by atoms with Gasteiger partial charge < -0.3 is 10.6 Å². The first-order valence-corrected chi connectivity index (χ1v) is 6.64. The van der Waals surface area contributed by atoms with Gasteiger partial charge in [0.25, 0.3) is 0 Å². The minimum atomic E-state index is 0.0471. The van der Waals surface area contributed by atoms with E-state index in [1.54, 1.807) is 0 Å².